The first-order valence-corrected chi connectivity index (χ1v) is 10.7. The van der Waals surface area contributed by atoms with Gasteiger partial charge in [0, 0.05) is 12.6 Å². The monoisotopic (exact) mass is 377 g/mol. The molecule has 0 aromatic heterocycles. The van der Waals surface area contributed by atoms with Crippen LogP contribution in [-0.4, -0.2) is 33.3 Å². The van der Waals surface area contributed by atoms with E-state index in [1.807, 2.05) is 19.1 Å². The Hall–Kier alpha value is -1.89. The summed E-state index contributed by atoms with van der Waals surface area (Å²) < 4.78 is 27.4. The van der Waals surface area contributed by atoms with Gasteiger partial charge in [-0.2, -0.15) is 0 Å². The predicted molar refractivity (Wildman–Crippen MR) is 103 cm³/mol. The molecule has 1 saturated carbocycles. The molecule has 1 fully saturated rings. The molecule has 26 heavy (non-hydrogen) atoms. The lowest BCUT2D eigenvalue weighted by Gasteiger charge is -2.26. The second kappa shape index (κ2) is 7.02. The van der Waals surface area contributed by atoms with E-state index >= 15 is 0 Å². The fraction of sp³-hybridized carbons (Fsp3) is 0.579. The zero-order valence-electron chi connectivity index (χ0n) is 15.6. The number of carbonyl (C=O) groups excluding carboxylic acids is 1. The van der Waals surface area contributed by atoms with Gasteiger partial charge in [-0.25, -0.2) is 8.42 Å². The van der Waals surface area contributed by atoms with Crippen LogP contribution in [0.3, 0.4) is 0 Å². The van der Waals surface area contributed by atoms with Gasteiger partial charge in [0.2, 0.25) is 5.91 Å². The summed E-state index contributed by atoms with van der Waals surface area (Å²) in [5.74, 6) is 0.231. The van der Waals surface area contributed by atoms with Crippen LogP contribution in [0.25, 0.3) is 0 Å². The molecule has 0 spiro atoms. The molecule has 2 N–H and O–H groups in total. The predicted octanol–water partition coefficient (Wildman–Crippen LogP) is 2.42. The first kappa shape index (κ1) is 18.9. The van der Waals surface area contributed by atoms with E-state index in [2.05, 4.69) is 22.0 Å². The van der Waals surface area contributed by atoms with E-state index in [4.69, 9.17) is 0 Å². The highest BCUT2D eigenvalue weighted by molar-refractivity contribution is 7.94. The minimum atomic E-state index is -3.63. The van der Waals surface area contributed by atoms with E-state index in [-0.39, 0.29) is 28.0 Å². The molecule has 3 aliphatic rings. The van der Waals surface area contributed by atoms with Crippen LogP contribution < -0.4 is 10.0 Å². The molecule has 0 aromatic rings. The summed E-state index contributed by atoms with van der Waals surface area (Å²) in [7, 11) is -2.05. The number of rotatable bonds is 4. The molecule has 7 heteroatoms. The lowest BCUT2D eigenvalue weighted by atomic mass is 9.82. The number of carbonyl (C=O) groups is 1. The molecule has 6 nitrogen and oxygen atoms in total. The van der Waals surface area contributed by atoms with E-state index in [0.717, 1.165) is 12.8 Å². The lowest BCUT2D eigenvalue weighted by Crippen LogP contribution is -2.36. The minimum absolute atomic E-state index is 0.0731. The van der Waals surface area contributed by atoms with Gasteiger partial charge in [-0.05, 0) is 36.7 Å². The number of amides is 1. The van der Waals surface area contributed by atoms with Crippen LogP contribution in [0.4, 0.5) is 0 Å². The first-order chi connectivity index (χ1) is 12.2. The fourth-order valence-corrected chi connectivity index (χ4v) is 5.14. The highest BCUT2D eigenvalue weighted by atomic mass is 32.2. The molecule has 1 amide bonds. The van der Waals surface area contributed by atoms with Crippen molar-refractivity contribution in [2.45, 2.75) is 52.0 Å². The summed E-state index contributed by atoms with van der Waals surface area (Å²) in [5.41, 5.74) is 0.611. The number of nitrogens with zero attached hydrogens (tertiary/aromatic N) is 1. The second-order valence-electron chi connectivity index (χ2n) is 7.79. The number of hydrogen-bond acceptors (Lipinski definition) is 4. The van der Waals surface area contributed by atoms with Crippen molar-refractivity contribution in [3.63, 3.8) is 0 Å². The Morgan fingerprint density at radius 1 is 1.35 bits per heavy atom. The molecule has 1 unspecified atom stereocenters. The molecular formula is C19H27N3O3S. The number of nitrogens with one attached hydrogen (secondary N) is 2. The van der Waals surface area contributed by atoms with Gasteiger partial charge < -0.3 is 5.32 Å². The quantitative estimate of drug-likeness (QED) is 0.789. The topological polar surface area (TPSA) is 87.6 Å². The zero-order valence-corrected chi connectivity index (χ0v) is 16.4. The van der Waals surface area contributed by atoms with Crippen LogP contribution >= 0.6 is 0 Å². The van der Waals surface area contributed by atoms with Gasteiger partial charge in [0.15, 0.2) is 0 Å². The van der Waals surface area contributed by atoms with Crippen LogP contribution in [0.15, 0.2) is 39.8 Å². The van der Waals surface area contributed by atoms with Gasteiger partial charge in [-0.15, -0.1) is 0 Å². The Labute approximate surface area is 155 Å². The van der Waals surface area contributed by atoms with E-state index in [1.165, 1.54) is 12.8 Å². The highest BCUT2D eigenvalue weighted by Gasteiger charge is 2.37. The maximum atomic E-state index is 12.5. The van der Waals surface area contributed by atoms with Gasteiger partial charge >= 0.3 is 0 Å². The van der Waals surface area contributed by atoms with Gasteiger partial charge in [0.05, 0.1) is 4.91 Å². The molecule has 0 saturated heterocycles. The van der Waals surface area contributed by atoms with Crippen LogP contribution in [0.2, 0.25) is 0 Å². The van der Waals surface area contributed by atoms with Crippen molar-refractivity contribution in [3.05, 3.63) is 34.8 Å². The number of likely N-dealkylation sites (N-methyl/N-ethyl adjacent to an activating group) is 1. The molecule has 3 rings (SSSR count). The third kappa shape index (κ3) is 3.77. The van der Waals surface area contributed by atoms with Gasteiger partial charge in [-0.3, -0.25) is 14.5 Å². The van der Waals surface area contributed by atoms with Crippen molar-refractivity contribution in [2.24, 2.45) is 16.3 Å². The Bertz CT molecular complexity index is 815. The van der Waals surface area contributed by atoms with Crippen molar-refractivity contribution in [1.29, 1.82) is 0 Å². The molecule has 1 heterocycles. The molecule has 0 aromatic carbocycles. The van der Waals surface area contributed by atoms with E-state index < -0.39 is 16.1 Å². The zero-order chi connectivity index (χ0) is 18.9. The Morgan fingerprint density at radius 2 is 2.00 bits per heavy atom. The molecule has 0 bridgehead atoms. The van der Waals surface area contributed by atoms with Crippen LogP contribution in [0.1, 0.15) is 46.0 Å². The molecule has 1 aliphatic heterocycles. The third-order valence-electron chi connectivity index (χ3n) is 5.49. The van der Waals surface area contributed by atoms with Crippen molar-refractivity contribution >= 4 is 21.8 Å². The summed E-state index contributed by atoms with van der Waals surface area (Å²) in [4.78, 5) is 17.2. The smallest absolute Gasteiger partial charge is 0.263 e. The Balaban J connectivity index is 1.97. The first-order valence-electron chi connectivity index (χ1n) is 9.17. The standard InChI is InChI=1S/C19H27N3O3S/c1-13-6-8-14-16(9-7-13)26(24,25)22-17(14)21-15(18(23)20-3)12-19(2)10-4-5-11-19/h6-9,13,15H,4-5,10-12H2,1-3H3,(H,20,23)(H,21,22)/t13?,15-/m0/s1. The number of aliphatic imine (C=N–C) groups is 1. The summed E-state index contributed by atoms with van der Waals surface area (Å²) >= 11 is 0. The molecule has 2 aliphatic carbocycles. The SMILES string of the molecule is CNC(=O)[C@H](CC1(C)CCCC1)N=C1NS(=O)(=O)C2=C1C=CC(C)C=C2. The number of hydrogen-bond donors (Lipinski definition) is 2. The largest absolute Gasteiger partial charge is 0.357 e. The number of sulfonamides is 1. The fourth-order valence-electron chi connectivity index (χ4n) is 3.91. The minimum Gasteiger partial charge on any atom is -0.357 e. The maximum absolute atomic E-state index is 12.5. The molecular weight excluding hydrogens is 350 g/mol. The van der Waals surface area contributed by atoms with E-state index in [0.29, 0.717) is 12.0 Å². The van der Waals surface area contributed by atoms with Gasteiger partial charge in [0.25, 0.3) is 10.0 Å². The highest BCUT2D eigenvalue weighted by Crippen LogP contribution is 2.42. The van der Waals surface area contributed by atoms with Crippen molar-refractivity contribution < 1.29 is 13.2 Å². The summed E-state index contributed by atoms with van der Waals surface area (Å²) in [6.07, 6.45) is 12.3. The van der Waals surface area contributed by atoms with E-state index in [1.54, 1.807) is 19.2 Å². The average molecular weight is 378 g/mol. The average Bonchev–Trinajstić information content (AvgIpc) is 3.02. The van der Waals surface area contributed by atoms with Crippen molar-refractivity contribution in [1.82, 2.24) is 10.0 Å². The number of amidine groups is 1. The van der Waals surface area contributed by atoms with Crippen LogP contribution in [0, 0.1) is 11.3 Å². The summed E-state index contributed by atoms with van der Waals surface area (Å²) in [5, 5.41) is 2.67. The molecule has 0 radical (unpaired) electrons. The van der Waals surface area contributed by atoms with E-state index in [9.17, 15) is 13.2 Å². The second-order valence-corrected chi connectivity index (χ2v) is 9.44. The lowest BCUT2D eigenvalue weighted by molar-refractivity contribution is -0.122. The molecule has 2 atom stereocenters. The maximum Gasteiger partial charge on any atom is 0.263 e. The Kier molecular flexibility index (Phi) is 5.10. The van der Waals surface area contributed by atoms with Crippen molar-refractivity contribution in [2.75, 3.05) is 7.05 Å². The van der Waals surface area contributed by atoms with Gasteiger partial charge in [-0.1, -0.05) is 44.9 Å². The third-order valence-corrected chi connectivity index (χ3v) is 6.89. The number of allylic oxidation sites excluding steroid dienone is 3. The normalized spacial score (nSPS) is 28.6. The Morgan fingerprint density at radius 3 is 2.65 bits per heavy atom. The van der Waals surface area contributed by atoms with Crippen LogP contribution in [0.5, 0.6) is 0 Å². The van der Waals surface area contributed by atoms with Crippen molar-refractivity contribution in [3.8, 4) is 0 Å². The van der Waals surface area contributed by atoms with Gasteiger partial charge in [0.1, 0.15) is 11.9 Å². The summed E-state index contributed by atoms with van der Waals surface area (Å²) in [6, 6.07) is -0.606. The molecule has 142 valence electrons. The summed E-state index contributed by atoms with van der Waals surface area (Å²) in [6.45, 7) is 4.18. The van der Waals surface area contributed by atoms with Crippen LogP contribution in [-0.2, 0) is 14.8 Å².